The van der Waals surface area contributed by atoms with Crippen LogP contribution in [0.3, 0.4) is 0 Å². The SMILES string of the molecule is CCc1cc(O)cc(C(F)CC)c1. The first-order chi connectivity index (χ1) is 6.17. The van der Waals surface area contributed by atoms with Crippen molar-refractivity contribution in [3.8, 4) is 5.75 Å². The van der Waals surface area contributed by atoms with Crippen molar-refractivity contribution in [2.24, 2.45) is 0 Å². The van der Waals surface area contributed by atoms with Gasteiger partial charge in [-0.2, -0.15) is 0 Å². The predicted molar refractivity (Wildman–Crippen MR) is 51.6 cm³/mol. The van der Waals surface area contributed by atoms with Gasteiger partial charge in [0.25, 0.3) is 0 Å². The summed E-state index contributed by atoms with van der Waals surface area (Å²) in [5, 5.41) is 9.30. The van der Waals surface area contributed by atoms with Gasteiger partial charge in [0.05, 0.1) is 0 Å². The number of alkyl halides is 1. The lowest BCUT2D eigenvalue weighted by atomic mass is 10.0. The summed E-state index contributed by atoms with van der Waals surface area (Å²) in [6.07, 6.45) is 0.308. The van der Waals surface area contributed by atoms with Gasteiger partial charge < -0.3 is 5.11 Å². The van der Waals surface area contributed by atoms with E-state index in [0.717, 1.165) is 12.0 Å². The van der Waals surface area contributed by atoms with Gasteiger partial charge in [0.2, 0.25) is 0 Å². The van der Waals surface area contributed by atoms with Crippen molar-refractivity contribution in [3.63, 3.8) is 0 Å². The zero-order valence-corrected chi connectivity index (χ0v) is 8.05. The molecule has 1 N–H and O–H groups in total. The molecule has 1 atom stereocenters. The lowest BCUT2D eigenvalue weighted by Gasteiger charge is -2.08. The fraction of sp³-hybridized carbons (Fsp3) is 0.455. The van der Waals surface area contributed by atoms with Crippen LogP contribution in [0.1, 0.15) is 37.6 Å². The second kappa shape index (κ2) is 4.26. The highest BCUT2D eigenvalue weighted by Crippen LogP contribution is 2.26. The third-order valence-corrected chi connectivity index (χ3v) is 2.13. The van der Waals surface area contributed by atoms with Gasteiger partial charge in [-0.1, -0.05) is 19.9 Å². The third-order valence-electron chi connectivity index (χ3n) is 2.13. The molecule has 0 aliphatic heterocycles. The normalized spacial score (nSPS) is 12.8. The van der Waals surface area contributed by atoms with Crippen LogP contribution in [-0.4, -0.2) is 5.11 Å². The number of rotatable bonds is 3. The second-order valence-corrected chi connectivity index (χ2v) is 3.16. The summed E-state index contributed by atoms with van der Waals surface area (Å²) in [5.74, 6) is 0.158. The zero-order valence-electron chi connectivity index (χ0n) is 8.05. The fourth-order valence-electron chi connectivity index (χ4n) is 1.32. The Hall–Kier alpha value is -1.05. The van der Waals surface area contributed by atoms with Crippen molar-refractivity contribution in [1.82, 2.24) is 0 Å². The molecule has 0 spiro atoms. The van der Waals surface area contributed by atoms with Crippen LogP contribution in [-0.2, 0) is 6.42 Å². The molecular formula is C11H15FO. The summed E-state index contributed by atoms with van der Waals surface area (Å²) in [4.78, 5) is 0. The van der Waals surface area contributed by atoms with Crippen molar-refractivity contribution >= 4 is 0 Å². The lowest BCUT2D eigenvalue weighted by molar-refractivity contribution is 0.333. The molecule has 1 aromatic rings. The molecule has 0 amide bonds. The van der Waals surface area contributed by atoms with Gasteiger partial charge in [0.15, 0.2) is 0 Å². The minimum atomic E-state index is -0.961. The van der Waals surface area contributed by atoms with Gasteiger partial charge in [-0.05, 0) is 36.1 Å². The van der Waals surface area contributed by atoms with Crippen LogP contribution in [0.4, 0.5) is 4.39 Å². The first kappa shape index (κ1) is 10.0. The summed E-state index contributed by atoms with van der Waals surface area (Å²) in [6, 6.07) is 4.98. The molecule has 0 heterocycles. The summed E-state index contributed by atoms with van der Waals surface area (Å²) < 4.78 is 13.2. The molecule has 0 saturated heterocycles. The topological polar surface area (TPSA) is 20.2 Å². The number of aromatic hydroxyl groups is 1. The Morgan fingerprint density at radius 2 is 2.00 bits per heavy atom. The van der Waals surface area contributed by atoms with Crippen LogP contribution in [0.25, 0.3) is 0 Å². The summed E-state index contributed by atoms with van der Waals surface area (Å²) in [7, 11) is 0. The molecule has 0 aromatic heterocycles. The van der Waals surface area contributed by atoms with Gasteiger partial charge in [0.1, 0.15) is 11.9 Å². The van der Waals surface area contributed by atoms with E-state index < -0.39 is 6.17 Å². The summed E-state index contributed by atoms with van der Waals surface area (Å²) in [5.41, 5.74) is 1.56. The Bertz CT molecular complexity index is 283. The molecule has 0 radical (unpaired) electrons. The van der Waals surface area contributed by atoms with Gasteiger partial charge in [-0.15, -0.1) is 0 Å². The Kier molecular flexibility index (Phi) is 3.29. The molecule has 2 heteroatoms. The standard InChI is InChI=1S/C11H15FO/c1-3-8-5-9(11(12)4-2)7-10(13)6-8/h5-7,11,13H,3-4H2,1-2H3. The fourth-order valence-corrected chi connectivity index (χ4v) is 1.32. The lowest BCUT2D eigenvalue weighted by Crippen LogP contribution is -1.91. The van der Waals surface area contributed by atoms with Crippen LogP contribution >= 0.6 is 0 Å². The highest BCUT2D eigenvalue weighted by atomic mass is 19.1. The quantitative estimate of drug-likeness (QED) is 0.759. The Labute approximate surface area is 78.2 Å². The number of halogens is 1. The van der Waals surface area contributed by atoms with E-state index in [0.29, 0.717) is 12.0 Å². The molecule has 1 unspecified atom stereocenters. The van der Waals surface area contributed by atoms with E-state index in [4.69, 9.17) is 0 Å². The van der Waals surface area contributed by atoms with E-state index >= 15 is 0 Å². The molecule has 0 aliphatic carbocycles. The van der Waals surface area contributed by atoms with Crippen molar-refractivity contribution in [2.45, 2.75) is 32.9 Å². The highest BCUT2D eigenvalue weighted by Gasteiger charge is 2.08. The number of hydrogen-bond donors (Lipinski definition) is 1. The van der Waals surface area contributed by atoms with Crippen molar-refractivity contribution in [2.75, 3.05) is 0 Å². The molecule has 13 heavy (non-hydrogen) atoms. The van der Waals surface area contributed by atoms with Gasteiger partial charge in [0, 0.05) is 0 Å². The van der Waals surface area contributed by atoms with E-state index in [1.54, 1.807) is 13.0 Å². The van der Waals surface area contributed by atoms with Crippen LogP contribution < -0.4 is 0 Å². The van der Waals surface area contributed by atoms with Crippen LogP contribution in [0.5, 0.6) is 5.75 Å². The van der Waals surface area contributed by atoms with E-state index in [1.807, 2.05) is 13.0 Å². The highest BCUT2D eigenvalue weighted by molar-refractivity contribution is 5.34. The smallest absolute Gasteiger partial charge is 0.125 e. The molecule has 0 fully saturated rings. The van der Waals surface area contributed by atoms with Crippen LogP contribution in [0.2, 0.25) is 0 Å². The van der Waals surface area contributed by atoms with E-state index in [1.165, 1.54) is 6.07 Å². The third kappa shape index (κ3) is 2.44. The molecule has 1 rings (SSSR count). The van der Waals surface area contributed by atoms with E-state index in [-0.39, 0.29) is 5.75 Å². The first-order valence-corrected chi connectivity index (χ1v) is 4.64. The van der Waals surface area contributed by atoms with Crippen molar-refractivity contribution < 1.29 is 9.50 Å². The summed E-state index contributed by atoms with van der Waals surface area (Å²) in [6.45, 7) is 3.78. The average Bonchev–Trinajstić information content (AvgIpc) is 2.15. The van der Waals surface area contributed by atoms with Crippen LogP contribution in [0.15, 0.2) is 18.2 Å². The molecule has 0 bridgehead atoms. The zero-order chi connectivity index (χ0) is 9.84. The molecule has 0 aliphatic rings. The largest absolute Gasteiger partial charge is 0.508 e. The first-order valence-electron chi connectivity index (χ1n) is 4.64. The van der Waals surface area contributed by atoms with Crippen LogP contribution in [0, 0.1) is 0 Å². The van der Waals surface area contributed by atoms with Crippen molar-refractivity contribution in [3.05, 3.63) is 29.3 Å². The minimum absolute atomic E-state index is 0.158. The van der Waals surface area contributed by atoms with Gasteiger partial charge >= 0.3 is 0 Å². The maximum atomic E-state index is 13.2. The Balaban J connectivity index is 3.01. The summed E-state index contributed by atoms with van der Waals surface area (Å²) >= 11 is 0. The minimum Gasteiger partial charge on any atom is -0.508 e. The van der Waals surface area contributed by atoms with Gasteiger partial charge in [-0.3, -0.25) is 0 Å². The number of benzene rings is 1. The molecule has 1 nitrogen and oxygen atoms in total. The molecule has 72 valence electrons. The molecule has 0 saturated carbocycles. The van der Waals surface area contributed by atoms with E-state index in [9.17, 15) is 9.50 Å². The number of phenolic OH excluding ortho intramolecular Hbond substituents is 1. The number of aryl methyl sites for hydroxylation is 1. The predicted octanol–water partition coefficient (Wildman–Crippen LogP) is 3.38. The van der Waals surface area contributed by atoms with Gasteiger partial charge in [-0.25, -0.2) is 4.39 Å². The van der Waals surface area contributed by atoms with E-state index in [2.05, 4.69) is 0 Å². The van der Waals surface area contributed by atoms with Crippen molar-refractivity contribution in [1.29, 1.82) is 0 Å². The molecule has 1 aromatic carbocycles. The number of hydrogen-bond acceptors (Lipinski definition) is 1. The average molecular weight is 182 g/mol. The Morgan fingerprint density at radius 1 is 1.31 bits per heavy atom. The number of phenols is 1. The monoisotopic (exact) mass is 182 g/mol. The second-order valence-electron chi connectivity index (χ2n) is 3.16. The Morgan fingerprint density at radius 3 is 2.54 bits per heavy atom. The molecular weight excluding hydrogens is 167 g/mol. The maximum absolute atomic E-state index is 13.2. The maximum Gasteiger partial charge on any atom is 0.125 e.